The van der Waals surface area contributed by atoms with Crippen LogP contribution in [0.5, 0.6) is 5.88 Å². The number of rotatable bonds is 14. The van der Waals surface area contributed by atoms with Crippen molar-refractivity contribution >= 4 is 0 Å². The van der Waals surface area contributed by atoms with Crippen LogP contribution in [0.15, 0.2) is 18.3 Å². The maximum Gasteiger partial charge on any atom is 0.213 e. The van der Waals surface area contributed by atoms with Gasteiger partial charge in [0.15, 0.2) is 0 Å². The summed E-state index contributed by atoms with van der Waals surface area (Å²) < 4.78 is 5.55. The molecule has 0 radical (unpaired) electrons. The van der Waals surface area contributed by atoms with E-state index in [0.717, 1.165) is 18.5 Å². The van der Waals surface area contributed by atoms with Gasteiger partial charge >= 0.3 is 0 Å². The number of nitrogens with zero attached hydrogens (tertiary/aromatic N) is 1. The quantitative estimate of drug-likeness (QED) is 0.486. The summed E-state index contributed by atoms with van der Waals surface area (Å²) in [5, 5.41) is 13.0. The minimum atomic E-state index is -0.0462. The summed E-state index contributed by atoms with van der Waals surface area (Å²) in [6.07, 6.45) is 12.4. The maximum absolute atomic E-state index is 9.60. The van der Waals surface area contributed by atoms with Gasteiger partial charge in [0.2, 0.25) is 5.88 Å². The Bertz CT molecular complexity index is 407. The van der Waals surface area contributed by atoms with E-state index >= 15 is 0 Å². The fourth-order valence-electron chi connectivity index (χ4n) is 2.73. The van der Waals surface area contributed by atoms with Gasteiger partial charge in [-0.3, -0.25) is 0 Å². The van der Waals surface area contributed by atoms with E-state index in [-0.39, 0.29) is 18.8 Å². The number of aliphatic hydroxyl groups excluding tert-OH is 1. The van der Waals surface area contributed by atoms with Crippen molar-refractivity contribution in [1.29, 1.82) is 0 Å². The summed E-state index contributed by atoms with van der Waals surface area (Å²) in [7, 11) is 0. The van der Waals surface area contributed by atoms with Gasteiger partial charge in [-0.15, -0.1) is 0 Å². The average Bonchev–Trinajstić information content (AvgIpc) is 2.57. The molecule has 0 aromatic carbocycles. The highest BCUT2D eigenvalue weighted by molar-refractivity contribution is 5.21. The SMILES string of the molecule is CCCCCCCCCCN[C@@H](CO)c1ccc(OC(C)C)nc1. The van der Waals surface area contributed by atoms with Crippen molar-refractivity contribution in [2.45, 2.75) is 84.3 Å². The van der Waals surface area contributed by atoms with Crippen LogP contribution in [0.2, 0.25) is 0 Å². The molecule has 4 heteroatoms. The van der Waals surface area contributed by atoms with Crippen LogP contribution >= 0.6 is 0 Å². The maximum atomic E-state index is 9.60. The van der Waals surface area contributed by atoms with Gasteiger partial charge in [-0.2, -0.15) is 0 Å². The van der Waals surface area contributed by atoms with Crippen LogP contribution in [0.1, 0.15) is 83.7 Å². The molecule has 0 aliphatic rings. The second kappa shape index (κ2) is 13.2. The van der Waals surface area contributed by atoms with Crippen LogP contribution in [0, 0.1) is 0 Å². The van der Waals surface area contributed by atoms with E-state index in [4.69, 9.17) is 4.74 Å². The lowest BCUT2D eigenvalue weighted by Crippen LogP contribution is -2.25. The van der Waals surface area contributed by atoms with Crippen LogP contribution in [0.25, 0.3) is 0 Å². The molecule has 0 amide bonds. The predicted octanol–water partition coefficient (Wildman–Crippen LogP) is 4.63. The first-order chi connectivity index (χ1) is 11.7. The van der Waals surface area contributed by atoms with Crippen molar-refractivity contribution in [2.75, 3.05) is 13.2 Å². The summed E-state index contributed by atoms with van der Waals surface area (Å²) in [6, 6.07) is 3.80. The molecule has 1 aromatic rings. The highest BCUT2D eigenvalue weighted by Crippen LogP contribution is 2.16. The number of nitrogens with one attached hydrogen (secondary N) is 1. The Hall–Kier alpha value is -1.13. The van der Waals surface area contributed by atoms with E-state index in [1.807, 2.05) is 26.0 Å². The van der Waals surface area contributed by atoms with Gasteiger partial charge in [0.1, 0.15) is 0 Å². The second-order valence-corrected chi connectivity index (χ2v) is 6.76. The van der Waals surface area contributed by atoms with Gasteiger partial charge in [0, 0.05) is 12.3 Å². The minimum absolute atomic E-state index is 0.0462. The monoisotopic (exact) mass is 336 g/mol. The van der Waals surface area contributed by atoms with Gasteiger partial charge < -0.3 is 15.2 Å². The molecule has 0 bridgehead atoms. The number of pyridine rings is 1. The minimum Gasteiger partial charge on any atom is -0.475 e. The second-order valence-electron chi connectivity index (χ2n) is 6.76. The molecule has 0 saturated heterocycles. The van der Waals surface area contributed by atoms with E-state index in [9.17, 15) is 5.11 Å². The van der Waals surface area contributed by atoms with Crippen molar-refractivity contribution in [3.05, 3.63) is 23.9 Å². The van der Waals surface area contributed by atoms with E-state index < -0.39 is 0 Å². The summed E-state index contributed by atoms with van der Waals surface area (Å²) in [6.45, 7) is 7.24. The molecule has 1 heterocycles. The smallest absolute Gasteiger partial charge is 0.213 e. The van der Waals surface area contributed by atoms with Crippen LogP contribution in [0.3, 0.4) is 0 Å². The number of hydrogen-bond acceptors (Lipinski definition) is 4. The molecule has 1 atom stereocenters. The lowest BCUT2D eigenvalue weighted by atomic mass is 10.1. The molecule has 0 aliphatic carbocycles. The Morgan fingerprint density at radius 2 is 1.71 bits per heavy atom. The Labute approximate surface area is 148 Å². The third-order valence-electron chi connectivity index (χ3n) is 4.12. The highest BCUT2D eigenvalue weighted by atomic mass is 16.5. The zero-order chi connectivity index (χ0) is 17.6. The van der Waals surface area contributed by atoms with Crippen molar-refractivity contribution in [3.63, 3.8) is 0 Å². The molecular weight excluding hydrogens is 300 g/mol. The number of aromatic nitrogens is 1. The molecule has 138 valence electrons. The van der Waals surface area contributed by atoms with Gasteiger partial charge in [0.25, 0.3) is 0 Å². The largest absolute Gasteiger partial charge is 0.475 e. The molecule has 4 nitrogen and oxygen atoms in total. The van der Waals surface area contributed by atoms with Crippen molar-refractivity contribution in [1.82, 2.24) is 10.3 Å². The summed E-state index contributed by atoms with van der Waals surface area (Å²) in [4.78, 5) is 4.31. The van der Waals surface area contributed by atoms with Gasteiger partial charge in [-0.1, -0.05) is 57.9 Å². The summed E-state index contributed by atoms with van der Waals surface area (Å²) >= 11 is 0. The molecular formula is C20H36N2O2. The lowest BCUT2D eigenvalue weighted by molar-refractivity contribution is 0.230. The topological polar surface area (TPSA) is 54.4 Å². The first-order valence-corrected chi connectivity index (χ1v) is 9.64. The molecule has 0 aliphatic heterocycles. The molecule has 1 aromatic heterocycles. The number of ether oxygens (including phenoxy) is 1. The molecule has 0 saturated carbocycles. The zero-order valence-corrected chi connectivity index (χ0v) is 15.8. The summed E-state index contributed by atoms with van der Waals surface area (Å²) in [5.74, 6) is 0.633. The van der Waals surface area contributed by atoms with Crippen molar-refractivity contribution in [2.24, 2.45) is 0 Å². The lowest BCUT2D eigenvalue weighted by Gasteiger charge is -2.17. The van der Waals surface area contributed by atoms with Crippen LogP contribution in [0.4, 0.5) is 0 Å². The van der Waals surface area contributed by atoms with E-state index in [2.05, 4.69) is 17.2 Å². The Morgan fingerprint density at radius 3 is 2.25 bits per heavy atom. The van der Waals surface area contributed by atoms with Crippen LogP contribution in [-0.2, 0) is 0 Å². The molecule has 2 N–H and O–H groups in total. The Balaban J connectivity index is 2.20. The van der Waals surface area contributed by atoms with Gasteiger partial charge in [-0.05, 0) is 32.4 Å². The van der Waals surface area contributed by atoms with Gasteiger partial charge in [-0.25, -0.2) is 4.98 Å². The number of unbranched alkanes of at least 4 members (excludes halogenated alkanes) is 7. The van der Waals surface area contributed by atoms with Crippen LogP contribution < -0.4 is 10.1 Å². The van der Waals surface area contributed by atoms with Crippen LogP contribution in [-0.4, -0.2) is 29.3 Å². The van der Waals surface area contributed by atoms with Crippen molar-refractivity contribution in [3.8, 4) is 5.88 Å². The standard InChI is InChI=1S/C20H36N2O2/c1-4-5-6-7-8-9-10-11-14-21-19(16-23)18-12-13-20(22-15-18)24-17(2)3/h12-13,15,17,19,21,23H,4-11,14,16H2,1-3H3/t19-/m0/s1. The molecule has 0 spiro atoms. The first-order valence-electron chi connectivity index (χ1n) is 9.64. The summed E-state index contributed by atoms with van der Waals surface area (Å²) in [5.41, 5.74) is 1.01. The van der Waals surface area contributed by atoms with E-state index in [0.29, 0.717) is 5.88 Å². The molecule has 24 heavy (non-hydrogen) atoms. The number of hydrogen-bond donors (Lipinski definition) is 2. The Morgan fingerprint density at radius 1 is 1.04 bits per heavy atom. The zero-order valence-electron chi connectivity index (χ0n) is 15.8. The fraction of sp³-hybridized carbons (Fsp3) is 0.750. The third-order valence-corrected chi connectivity index (χ3v) is 4.12. The molecule has 0 unspecified atom stereocenters. The predicted molar refractivity (Wildman–Crippen MR) is 100 cm³/mol. The number of aliphatic hydroxyl groups is 1. The molecule has 0 fully saturated rings. The third kappa shape index (κ3) is 9.24. The van der Waals surface area contributed by atoms with E-state index in [1.165, 1.54) is 44.9 Å². The fourth-order valence-corrected chi connectivity index (χ4v) is 2.73. The normalized spacial score (nSPS) is 12.5. The van der Waals surface area contributed by atoms with Crippen molar-refractivity contribution < 1.29 is 9.84 Å². The first kappa shape index (κ1) is 20.9. The highest BCUT2D eigenvalue weighted by Gasteiger charge is 2.10. The van der Waals surface area contributed by atoms with Gasteiger partial charge in [0.05, 0.1) is 18.8 Å². The van der Waals surface area contributed by atoms with E-state index in [1.54, 1.807) is 6.20 Å². The molecule has 1 rings (SSSR count). The average molecular weight is 337 g/mol. The Kier molecular flexibility index (Phi) is 11.5.